The van der Waals surface area contributed by atoms with Gasteiger partial charge in [-0.2, -0.15) is 0 Å². The lowest BCUT2D eigenvalue weighted by molar-refractivity contribution is 0.312. The van der Waals surface area contributed by atoms with Crippen LogP contribution in [0.15, 0.2) is 40.8 Å². The highest BCUT2D eigenvalue weighted by Crippen LogP contribution is 2.25. The van der Waals surface area contributed by atoms with Gasteiger partial charge in [0.05, 0.1) is 5.00 Å². The summed E-state index contributed by atoms with van der Waals surface area (Å²) in [5.74, 6) is 1.97. The largest absolute Gasteiger partial charge is 0.363 e. The first-order chi connectivity index (χ1) is 14.7. The molecule has 2 fully saturated rings. The Hall–Kier alpha value is -1.59. The van der Waals surface area contributed by atoms with Crippen LogP contribution in [0, 0.1) is 0 Å². The number of thiophene rings is 1. The summed E-state index contributed by atoms with van der Waals surface area (Å²) in [6.07, 6.45) is 4.14. The quantitative estimate of drug-likeness (QED) is 0.337. The van der Waals surface area contributed by atoms with Gasteiger partial charge >= 0.3 is 0 Å². The number of hydrogen-bond donors (Lipinski definition) is 2. The number of aliphatic imine (C=N–C) groups is 1. The second-order valence-corrected chi connectivity index (χ2v) is 8.99. The van der Waals surface area contributed by atoms with Crippen molar-refractivity contribution in [3.63, 3.8) is 0 Å². The van der Waals surface area contributed by atoms with E-state index in [9.17, 15) is 0 Å². The van der Waals surface area contributed by atoms with Crippen molar-refractivity contribution in [2.45, 2.75) is 25.4 Å². The van der Waals surface area contributed by atoms with Crippen molar-refractivity contribution in [3.05, 3.63) is 41.4 Å². The SMILES string of the molecule is CN=C(NCc1cccnc1N1CCN(C)CC1)NC1CCN(c2cccs2)CC1.I. The van der Waals surface area contributed by atoms with E-state index >= 15 is 0 Å². The minimum Gasteiger partial charge on any atom is -0.363 e. The normalized spacial score (nSPS) is 18.6. The third kappa shape index (κ3) is 6.45. The number of rotatable bonds is 5. The van der Waals surface area contributed by atoms with Crippen molar-refractivity contribution in [3.8, 4) is 0 Å². The molecule has 2 saturated heterocycles. The average molecular weight is 556 g/mol. The van der Waals surface area contributed by atoms with Crippen molar-refractivity contribution < 1.29 is 0 Å². The van der Waals surface area contributed by atoms with Crippen molar-refractivity contribution >= 4 is 52.1 Å². The molecule has 0 aliphatic carbocycles. The molecule has 9 heteroatoms. The molecule has 0 radical (unpaired) electrons. The van der Waals surface area contributed by atoms with E-state index < -0.39 is 0 Å². The van der Waals surface area contributed by atoms with Crippen LogP contribution in [0.1, 0.15) is 18.4 Å². The summed E-state index contributed by atoms with van der Waals surface area (Å²) in [4.78, 5) is 16.4. The molecule has 0 bridgehead atoms. The van der Waals surface area contributed by atoms with Crippen molar-refractivity contribution in [2.75, 3.05) is 63.2 Å². The van der Waals surface area contributed by atoms with E-state index in [2.05, 4.69) is 65.9 Å². The van der Waals surface area contributed by atoms with E-state index in [0.29, 0.717) is 6.04 Å². The molecule has 2 aliphatic rings. The highest BCUT2D eigenvalue weighted by Gasteiger charge is 2.21. The first kappa shape index (κ1) is 24.1. The first-order valence-electron chi connectivity index (χ1n) is 10.9. The fourth-order valence-corrected chi connectivity index (χ4v) is 4.92. The van der Waals surface area contributed by atoms with Crippen LogP contribution >= 0.6 is 35.3 Å². The lowest BCUT2D eigenvalue weighted by Gasteiger charge is -2.34. The third-order valence-electron chi connectivity index (χ3n) is 5.99. The van der Waals surface area contributed by atoms with E-state index in [1.807, 2.05) is 30.6 Å². The van der Waals surface area contributed by atoms with E-state index in [1.165, 1.54) is 10.6 Å². The van der Waals surface area contributed by atoms with Gasteiger partial charge in [0.1, 0.15) is 5.82 Å². The predicted octanol–water partition coefficient (Wildman–Crippen LogP) is 2.85. The van der Waals surface area contributed by atoms with Crippen LogP contribution in [0.3, 0.4) is 0 Å². The monoisotopic (exact) mass is 555 g/mol. The molecule has 2 aliphatic heterocycles. The number of guanidine groups is 1. The zero-order valence-electron chi connectivity index (χ0n) is 18.5. The Kier molecular flexibility index (Phi) is 9.21. The number of aromatic nitrogens is 1. The van der Waals surface area contributed by atoms with Gasteiger partial charge < -0.3 is 25.3 Å². The summed E-state index contributed by atoms with van der Waals surface area (Å²) in [6, 6.07) is 8.99. The molecule has 2 N–H and O–H groups in total. The lowest BCUT2D eigenvalue weighted by Crippen LogP contribution is -2.48. The number of piperazine rings is 1. The van der Waals surface area contributed by atoms with Gasteiger partial charge in [-0.05, 0) is 43.5 Å². The van der Waals surface area contributed by atoms with Gasteiger partial charge in [0.15, 0.2) is 5.96 Å². The molecule has 4 rings (SSSR count). The molecule has 7 nitrogen and oxygen atoms in total. The highest BCUT2D eigenvalue weighted by atomic mass is 127. The number of pyridine rings is 1. The zero-order valence-corrected chi connectivity index (χ0v) is 21.6. The van der Waals surface area contributed by atoms with Crippen LogP contribution in [-0.4, -0.2) is 75.2 Å². The van der Waals surface area contributed by atoms with Crippen LogP contribution in [0.5, 0.6) is 0 Å². The molecule has 170 valence electrons. The molecule has 0 amide bonds. The molecule has 0 atom stereocenters. The Morgan fingerprint density at radius 2 is 1.87 bits per heavy atom. The average Bonchev–Trinajstić information content (AvgIpc) is 3.33. The number of anilines is 2. The number of nitrogens with one attached hydrogen (secondary N) is 2. The molecule has 0 spiro atoms. The maximum atomic E-state index is 4.68. The Morgan fingerprint density at radius 3 is 2.55 bits per heavy atom. The number of piperidine rings is 1. The number of nitrogens with zero attached hydrogens (tertiary/aromatic N) is 5. The number of likely N-dealkylation sites (N-methyl/N-ethyl adjacent to an activating group) is 1. The fraction of sp³-hybridized carbons (Fsp3) is 0.545. The Bertz CT molecular complexity index is 813. The lowest BCUT2D eigenvalue weighted by atomic mass is 10.1. The molecular formula is C22H34IN7S. The minimum absolute atomic E-state index is 0. The van der Waals surface area contributed by atoms with Gasteiger partial charge in [-0.3, -0.25) is 4.99 Å². The zero-order chi connectivity index (χ0) is 20.8. The summed E-state index contributed by atoms with van der Waals surface area (Å²) in [5, 5.41) is 10.7. The molecule has 0 unspecified atom stereocenters. The summed E-state index contributed by atoms with van der Waals surface area (Å²) in [6.45, 7) is 7.11. The second-order valence-electron chi connectivity index (χ2n) is 8.06. The highest BCUT2D eigenvalue weighted by molar-refractivity contribution is 14.0. The Balaban J connectivity index is 0.00000272. The topological polar surface area (TPSA) is 59.0 Å². The summed E-state index contributed by atoms with van der Waals surface area (Å²) in [5.41, 5.74) is 1.22. The predicted molar refractivity (Wildman–Crippen MR) is 142 cm³/mol. The molecule has 4 heterocycles. The van der Waals surface area contributed by atoms with E-state index in [4.69, 9.17) is 0 Å². The van der Waals surface area contributed by atoms with Crippen LogP contribution in [-0.2, 0) is 6.54 Å². The van der Waals surface area contributed by atoms with Gasteiger partial charge in [-0.1, -0.05) is 6.07 Å². The molecular weight excluding hydrogens is 521 g/mol. The fourth-order valence-electron chi connectivity index (χ4n) is 4.13. The van der Waals surface area contributed by atoms with Gasteiger partial charge in [0, 0.05) is 70.7 Å². The van der Waals surface area contributed by atoms with Crippen LogP contribution in [0.4, 0.5) is 10.8 Å². The van der Waals surface area contributed by atoms with Crippen LogP contribution in [0.25, 0.3) is 0 Å². The minimum atomic E-state index is 0. The van der Waals surface area contributed by atoms with Crippen LogP contribution in [0.2, 0.25) is 0 Å². The number of halogens is 1. The van der Waals surface area contributed by atoms with E-state index in [-0.39, 0.29) is 24.0 Å². The Labute approximate surface area is 206 Å². The third-order valence-corrected chi connectivity index (χ3v) is 6.92. The summed E-state index contributed by atoms with van der Waals surface area (Å²) >= 11 is 1.82. The molecule has 0 aromatic carbocycles. The standard InChI is InChI=1S/C22H33N7S.HI/c1-23-22(26-19-7-10-28(11-8-19)20-6-4-16-30-20)25-17-18-5-3-9-24-21(18)29-14-12-27(2)13-15-29;/h3-6,9,16,19H,7-8,10-15,17H2,1-2H3,(H2,23,25,26);1H. The molecule has 0 saturated carbocycles. The first-order valence-corrected chi connectivity index (χ1v) is 11.7. The number of hydrogen-bond acceptors (Lipinski definition) is 6. The van der Waals surface area contributed by atoms with Gasteiger partial charge in [0.2, 0.25) is 0 Å². The summed E-state index contributed by atoms with van der Waals surface area (Å²) in [7, 11) is 4.03. The van der Waals surface area contributed by atoms with E-state index in [0.717, 1.165) is 70.4 Å². The van der Waals surface area contributed by atoms with E-state index in [1.54, 1.807) is 0 Å². The second kappa shape index (κ2) is 11.9. The van der Waals surface area contributed by atoms with Gasteiger partial charge in [-0.15, -0.1) is 35.3 Å². The van der Waals surface area contributed by atoms with Gasteiger partial charge in [0.25, 0.3) is 0 Å². The van der Waals surface area contributed by atoms with Crippen molar-refractivity contribution in [1.82, 2.24) is 20.5 Å². The molecule has 31 heavy (non-hydrogen) atoms. The Morgan fingerprint density at radius 1 is 1.10 bits per heavy atom. The molecule has 2 aromatic heterocycles. The van der Waals surface area contributed by atoms with Crippen molar-refractivity contribution in [1.29, 1.82) is 0 Å². The van der Waals surface area contributed by atoms with Crippen molar-refractivity contribution in [2.24, 2.45) is 4.99 Å². The van der Waals surface area contributed by atoms with Gasteiger partial charge in [-0.25, -0.2) is 4.98 Å². The summed E-state index contributed by atoms with van der Waals surface area (Å²) < 4.78 is 0. The smallest absolute Gasteiger partial charge is 0.191 e. The van der Waals surface area contributed by atoms with Crippen LogP contribution < -0.4 is 20.4 Å². The maximum absolute atomic E-state index is 4.68. The maximum Gasteiger partial charge on any atom is 0.191 e. The molecule has 2 aromatic rings.